The van der Waals surface area contributed by atoms with Crippen molar-refractivity contribution in [2.24, 2.45) is 0 Å². The lowest BCUT2D eigenvalue weighted by molar-refractivity contribution is 0.583. The molecule has 0 amide bonds. The molecule has 2 nitrogen and oxygen atoms in total. The van der Waals surface area contributed by atoms with Crippen LogP contribution in [0.3, 0.4) is 0 Å². The number of benzene rings is 1. The molecule has 1 unspecified atom stereocenters. The number of halogens is 3. The minimum atomic E-state index is -0.677. The summed E-state index contributed by atoms with van der Waals surface area (Å²) in [5.41, 5.74) is 0.746. The maximum Gasteiger partial charge on any atom is 0.149 e. The molecule has 0 aliphatic carbocycles. The first-order valence-corrected chi connectivity index (χ1v) is 5.39. The molecule has 1 atom stereocenters. The largest absolute Gasteiger partial charge is 0.375 e. The molecule has 2 aromatic rings. The fourth-order valence-corrected chi connectivity index (χ4v) is 1.56. The van der Waals surface area contributed by atoms with Gasteiger partial charge < -0.3 is 5.32 Å². The standard InChI is InChI=1S/C13H11F3N2/c1-8(12-4-3-10(15)7-17-12)18-13-5-2-9(14)6-11(13)16/h2-8,18H,1H3. The van der Waals surface area contributed by atoms with Crippen LogP contribution in [0.1, 0.15) is 18.7 Å². The second-order valence-electron chi connectivity index (χ2n) is 3.89. The third-order valence-corrected chi connectivity index (χ3v) is 2.50. The summed E-state index contributed by atoms with van der Waals surface area (Å²) >= 11 is 0. The summed E-state index contributed by atoms with van der Waals surface area (Å²) in [5.74, 6) is -1.74. The predicted octanol–water partition coefficient (Wildman–Crippen LogP) is 3.67. The fourth-order valence-electron chi connectivity index (χ4n) is 1.56. The zero-order valence-corrected chi connectivity index (χ0v) is 9.62. The van der Waals surface area contributed by atoms with Gasteiger partial charge in [-0.15, -0.1) is 0 Å². The van der Waals surface area contributed by atoms with Gasteiger partial charge in [0.15, 0.2) is 0 Å². The number of aromatic nitrogens is 1. The number of hydrogen-bond donors (Lipinski definition) is 1. The smallest absolute Gasteiger partial charge is 0.149 e. The maximum atomic E-state index is 13.4. The van der Waals surface area contributed by atoms with Crippen LogP contribution in [-0.4, -0.2) is 4.98 Å². The number of rotatable bonds is 3. The summed E-state index contributed by atoms with van der Waals surface area (Å²) in [5, 5.41) is 2.85. The van der Waals surface area contributed by atoms with E-state index >= 15 is 0 Å². The normalized spacial score (nSPS) is 12.2. The third kappa shape index (κ3) is 2.80. The van der Waals surface area contributed by atoms with Crippen LogP contribution in [0.25, 0.3) is 0 Å². The van der Waals surface area contributed by atoms with Crippen LogP contribution < -0.4 is 5.32 Å². The molecule has 5 heteroatoms. The Labute approximate surface area is 102 Å². The molecule has 0 aliphatic rings. The Kier molecular flexibility index (Phi) is 3.50. The van der Waals surface area contributed by atoms with Crippen LogP contribution in [0.2, 0.25) is 0 Å². The van der Waals surface area contributed by atoms with Crippen molar-refractivity contribution < 1.29 is 13.2 Å². The summed E-state index contributed by atoms with van der Waals surface area (Å²) in [7, 11) is 0. The molecule has 2 rings (SSSR count). The highest BCUT2D eigenvalue weighted by Gasteiger charge is 2.10. The van der Waals surface area contributed by atoms with Gasteiger partial charge >= 0.3 is 0 Å². The van der Waals surface area contributed by atoms with Crippen molar-refractivity contribution >= 4 is 5.69 Å². The Morgan fingerprint density at radius 2 is 1.78 bits per heavy atom. The van der Waals surface area contributed by atoms with Gasteiger partial charge in [0.25, 0.3) is 0 Å². The Hall–Kier alpha value is -2.04. The lowest BCUT2D eigenvalue weighted by Crippen LogP contribution is -2.09. The second kappa shape index (κ2) is 5.08. The quantitative estimate of drug-likeness (QED) is 0.901. The van der Waals surface area contributed by atoms with E-state index in [9.17, 15) is 13.2 Å². The van der Waals surface area contributed by atoms with Gasteiger partial charge in [-0.05, 0) is 31.2 Å². The lowest BCUT2D eigenvalue weighted by atomic mass is 10.2. The topological polar surface area (TPSA) is 24.9 Å². The van der Waals surface area contributed by atoms with Crippen LogP contribution in [0.4, 0.5) is 18.9 Å². The highest BCUT2D eigenvalue weighted by molar-refractivity contribution is 5.46. The van der Waals surface area contributed by atoms with E-state index < -0.39 is 17.5 Å². The van der Waals surface area contributed by atoms with E-state index in [1.54, 1.807) is 6.92 Å². The molecule has 0 fully saturated rings. The summed E-state index contributed by atoms with van der Waals surface area (Å²) in [4.78, 5) is 3.89. The first-order chi connectivity index (χ1) is 8.56. The molecule has 18 heavy (non-hydrogen) atoms. The van der Waals surface area contributed by atoms with Crippen molar-refractivity contribution in [1.29, 1.82) is 0 Å². The molecule has 1 heterocycles. The van der Waals surface area contributed by atoms with E-state index in [1.165, 1.54) is 18.2 Å². The lowest BCUT2D eigenvalue weighted by Gasteiger charge is -2.15. The van der Waals surface area contributed by atoms with Gasteiger partial charge in [0.05, 0.1) is 23.6 Å². The van der Waals surface area contributed by atoms with Gasteiger partial charge in [0.2, 0.25) is 0 Å². The molecule has 0 spiro atoms. The Morgan fingerprint density at radius 1 is 1.06 bits per heavy atom. The minimum absolute atomic E-state index is 0.176. The second-order valence-corrected chi connectivity index (χ2v) is 3.89. The number of nitrogens with zero attached hydrogens (tertiary/aromatic N) is 1. The first-order valence-electron chi connectivity index (χ1n) is 5.39. The maximum absolute atomic E-state index is 13.4. The SMILES string of the molecule is CC(Nc1ccc(F)cc1F)c1ccc(F)cn1. The molecular formula is C13H11F3N2. The minimum Gasteiger partial charge on any atom is -0.375 e. The molecule has 1 aromatic heterocycles. The zero-order chi connectivity index (χ0) is 13.1. The molecule has 0 bridgehead atoms. The monoisotopic (exact) mass is 252 g/mol. The van der Waals surface area contributed by atoms with Crippen LogP contribution in [0.5, 0.6) is 0 Å². The summed E-state index contributed by atoms with van der Waals surface area (Å²) in [6.07, 6.45) is 1.09. The molecule has 0 saturated heterocycles. The number of anilines is 1. The van der Waals surface area contributed by atoms with Gasteiger partial charge in [0, 0.05) is 6.07 Å². The van der Waals surface area contributed by atoms with E-state index in [4.69, 9.17) is 0 Å². The van der Waals surface area contributed by atoms with E-state index in [0.717, 1.165) is 18.3 Å². The molecule has 1 N–H and O–H groups in total. The van der Waals surface area contributed by atoms with Crippen LogP contribution in [0, 0.1) is 17.5 Å². The predicted molar refractivity (Wildman–Crippen MR) is 62.6 cm³/mol. The average molecular weight is 252 g/mol. The van der Waals surface area contributed by atoms with Crippen molar-refractivity contribution in [1.82, 2.24) is 4.98 Å². The average Bonchev–Trinajstić information content (AvgIpc) is 2.33. The van der Waals surface area contributed by atoms with Gasteiger partial charge in [-0.3, -0.25) is 4.98 Å². The molecule has 1 aromatic carbocycles. The van der Waals surface area contributed by atoms with Gasteiger partial charge in [-0.25, -0.2) is 13.2 Å². The number of hydrogen-bond acceptors (Lipinski definition) is 2. The van der Waals surface area contributed by atoms with Crippen LogP contribution in [-0.2, 0) is 0 Å². The summed E-state index contributed by atoms with van der Waals surface area (Å²) in [6.45, 7) is 1.75. The number of pyridine rings is 1. The van der Waals surface area contributed by atoms with Crippen molar-refractivity contribution in [3.05, 3.63) is 59.7 Å². The summed E-state index contributed by atoms with van der Waals surface area (Å²) < 4.78 is 38.8. The highest BCUT2D eigenvalue weighted by Crippen LogP contribution is 2.21. The van der Waals surface area contributed by atoms with Crippen LogP contribution in [0.15, 0.2) is 36.5 Å². The van der Waals surface area contributed by atoms with Gasteiger partial charge in [0.1, 0.15) is 17.5 Å². The van der Waals surface area contributed by atoms with E-state index in [-0.39, 0.29) is 11.7 Å². The van der Waals surface area contributed by atoms with Gasteiger partial charge in [-0.1, -0.05) is 0 Å². The Bertz CT molecular complexity index is 540. The Balaban J connectivity index is 2.15. The highest BCUT2D eigenvalue weighted by atomic mass is 19.1. The molecule has 0 saturated carbocycles. The van der Waals surface area contributed by atoms with E-state index in [0.29, 0.717) is 5.69 Å². The number of nitrogens with one attached hydrogen (secondary N) is 1. The van der Waals surface area contributed by atoms with Crippen LogP contribution >= 0.6 is 0 Å². The summed E-state index contributed by atoms with van der Waals surface area (Å²) in [6, 6.07) is 5.75. The molecule has 0 aliphatic heterocycles. The van der Waals surface area contributed by atoms with Crippen molar-refractivity contribution in [2.75, 3.05) is 5.32 Å². The Morgan fingerprint density at radius 3 is 2.39 bits per heavy atom. The van der Waals surface area contributed by atoms with Crippen molar-refractivity contribution in [3.8, 4) is 0 Å². The van der Waals surface area contributed by atoms with E-state index in [2.05, 4.69) is 10.3 Å². The molecule has 94 valence electrons. The fraction of sp³-hybridized carbons (Fsp3) is 0.154. The van der Waals surface area contributed by atoms with Crippen molar-refractivity contribution in [3.63, 3.8) is 0 Å². The first kappa shape index (κ1) is 12.4. The van der Waals surface area contributed by atoms with Crippen molar-refractivity contribution in [2.45, 2.75) is 13.0 Å². The van der Waals surface area contributed by atoms with E-state index in [1.807, 2.05) is 0 Å². The molecular weight excluding hydrogens is 241 g/mol. The zero-order valence-electron chi connectivity index (χ0n) is 9.62. The van der Waals surface area contributed by atoms with Gasteiger partial charge in [-0.2, -0.15) is 0 Å². The third-order valence-electron chi connectivity index (χ3n) is 2.50. The molecule has 0 radical (unpaired) electrons.